The van der Waals surface area contributed by atoms with Crippen LogP contribution in [0, 0.1) is 11.8 Å². The second kappa shape index (κ2) is 3.77. The number of fused-ring (bicyclic) bond motifs is 1. The molecule has 18 heavy (non-hydrogen) atoms. The number of aromatic nitrogens is 2. The van der Waals surface area contributed by atoms with Gasteiger partial charge < -0.3 is 4.90 Å². The molecule has 1 aromatic heterocycles. The zero-order chi connectivity index (χ0) is 12.3. The van der Waals surface area contributed by atoms with Crippen LogP contribution in [0.1, 0.15) is 49.9 Å². The minimum atomic E-state index is 0.675. The van der Waals surface area contributed by atoms with E-state index in [0.29, 0.717) is 12.0 Å². The summed E-state index contributed by atoms with van der Waals surface area (Å²) < 4.78 is 0. The summed E-state index contributed by atoms with van der Waals surface area (Å²) in [7, 11) is 0. The molecule has 2 atom stereocenters. The van der Waals surface area contributed by atoms with Crippen molar-refractivity contribution in [2.24, 2.45) is 11.8 Å². The molecule has 2 aliphatic carbocycles. The SMILES string of the molecule is CC(C)N1CC2C(C1)C2c1cnc(C2CC2)nc1. The largest absolute Gasteiger partial charge is 0.300 e. The molecule has 2 saturated carbocycles. The number of piperidine rings is 1. The third-order valence-electron chi connectivity index (χ3n) is 4.97. The van der Waals surface area contributed by atoms with E-state index in [9.17, 15) is 0 Å². The fourth-order valence-electron chi connectivity index (χ4n) is 3.55. The molecule has 2 unspecified atom stereocenters. The zero-order valence-corrected chi connectivity index (χ0v) is 11.2. The summed E-state index contributed by atoms with van der Waals surface area (Å²) in [5, 5.41) is 0. The van der Waals surface area contributed by atoms with Crippen LogP contribution in [0.5, 0.6) is 0 Å². The Morgan fingerprint density at radius 3 is 2.22 bits per heavy atom. The van der Waals surface area contributed by atoms with E-state index >= 15 is 0 Å². The van der Waals surface area contributed by atoms with Crippen molar-refractivity contribution in [2.45, 2.75) is 44.6 Å². The van der Waals surface area contributed by atoms with Gasteiger partial charge >= 0.3 is 0 Å². The molecule has 1 aliphatic heterocycles. The Hall–Kier alpha value is -0.960. The highest BCUT2D eigenvalue weighted by atomic mass is 15.2. The van der Waals surface area contributed by atoms with Gasteiger partial charge in [0.2, 0.25) is 0 Å². The third kappa shape index (κ3) is 1.68. The highest BCUT2D eigenvalue weighted by molar-refractivity contribution is 5.27. The summed E-state index contributed by atoms with van der Waals surface area (Å²) in [6.07, 6.45) is 6.78. The average Bonchev–Trinajstić information content (AvgIpc) is 3.28. The Bertz CT molecular complexity index is 437. The van der Waals surface area contributed by atoms with E-state index in [1.54, 1.807) is 0 Å². The van der Waals surface area contributed by atoms with Crippen molar-refractivity contribution in [1.29, 1.82) is 0 Å². The molecule has 96 valence electrons. The van der Waals surface area contributed by atoms with Crippen molar-refractivity contribution in [3.05, 3.63) is 23.8 Å². The Morgan fingerprint density at radius 2 is 1.72 bits per heavy atom. The Labute approximate surface area is 109 Å². The van der Waals surface area contributed by atoms with Crippen molar-refractivity contribution >= 4 is 0 Å². The standard InChI is InChI=1S/C15H21N3/c1-9(2)18-7-12-13(8-18)14(12)11-5-16-15(17-6-11)10-3-4-10/h5-6,9-10,12-14H,3-4,7-8H2,1-2H3. The van der Waals surface area contributed by atoms with E-state index in [0.717, 1.165) is 23.6 Å². The van der Waals surface area contributed by atoms with Crippen LogP contribution >= 0.6 is 0 Å². The molecule has 0 aromatic carbocycles. The maximum absolute atomic E-state index is 4.56. The average molecular weight is 243 g/mol. The molecule has 3 aliphatic rings. The Balaban J connectivity index is 1.44. The first-order valence-corrected chi connectivity index (χ1v) is 7.30. The quantitative estimate of drug-likeness (QED) is 0.816. The van der Waals surface area contributed by atoms with E-state index in [4.69, 9.17) is 0 Å². The molecule has 3 heteroatoms. The van der Waals surface area contributed by atoms with Gasteiger partial charge in [0.05, 0.1) is 0 Å². The van der Waals surface area contributed by atoms with E-state index in [1.165, 1.54) is 31.5 Å². The van der Waals surface area contributed by atoms with E-state index in [-0.39, 0.29) is 0 Å². The van der Waals surface area contributed by atoms with E-state index in [1.807, 2.05) is 0 Å². The second-order valence-electron chi connectivity index (χ2n) is 6.55. The van der Waals surface area contributed by atoms with E-state index in [2.05, 4.69) is 41.1 Å². The highest BCUT2D eigenvalue weighted by Crippen LogP contribution is 2.58. The smallest absolute Gasteiger partial charge is 0.131 e. The number of nitrogens with zero attached hydrogens (tertiary/aromatic N) is 3. The normalized spacial score (nSPS) is 34.9. The molecule has 4 rings (SSSR count). The summed E-state index contributed by atoms with van der Waals surface area (Å²) in [6.45, 7) is 7.15. The lowest BCUT2D eigenvalue weighted by atomic mass is 10.1. The van der Waals surface area contributed by atoms with Gasteiger partial charge in [-0.1, -0.05) is 0 Å². The number of likely N-dealkylation sites (tertiary alicyclic amines) is 1. The molecule has 0 radical (unpaired) electrons. The first-order chi connectivity index (χ1) is 8.74. The summed E-state index contributed by atoms with van der Waals surface area (Å²) in [5.41, 5.74) is 1.39. The molecule has 0 amide bonds. The predicted octanol–water partition coefficient (Wildman–Crippen LogP) is 2.41. The maximum atomic E-state index is 4.56. The number of hydrogen-bond donors (Lipinski definition) is 0. The summed E-state index contributed by atoms with van der Waals surface area (Å²) in [5.74, 6) is 4.27. The summed E-state index contributed by atoms with van der Waals surface area (Å²) >= 11 is 0. The lowest BCUT2D eigenvalue weighted by molar-refractivity contribution is 0.243. The molecular formula is C15H21N3. The fraction of sp³-hybridized carbons (Fsp3) is 0.733. The topological polar surface area (TPSA) is 29.0 Å². The maximum Gasteiger partial charge on any atom is 0.131 e. The predicted molar refractivity (Wildman–Crippen MR) is 70.4 cm³/mol. The minimum Gasteiger partial charge on any atom is -0.300 e. The number of hydrogen-bond acceptors (Lipinski definition) is 3. The van der Waals surface area contributed by atoms with Gasteiger partial charge in [-0.15, -0.1) is 0 Å². The van der Waals surface area contributed by atoms with Crippen molar-refractivity contribution in [3.8, 4) is 0 Å². The van der Waals surface area contributed by atoms with Crippen LogP contribution in [-0.2, 0) is 0 Å². The van der Waals surface area contributed by atoms with Crippen LogP contribution in [0.2, 0.25) is 0 Å². The van der Waals surface area contributed by atoms with Crippen molar-refractivity contribution in [2.75, 3.05) is 13.1 Å². The molecule has 3 nitrogen and oxygen atoms in total. The van der Waals surface area contributed by atoms with Gasteiger partial charge in [-0.2, -0.15) is 0 Å². The molecule has 0 N–H and O–H groups in total. The van der Waals surface area contributed by atoms with Gasteiger partial charge in [0.15, 0.2) is 0 Å². The van der Waals surface area contributed by atoms with Crippen LogP contribution in [0.4, 0.5) is 0 Å². The van der Waals surface area contributed by atoms with Crippen LogP contribution < -0.4 is 0 Å². The molecule has 1 aromatic rings. The summed E-state index contributed by atoms with van der Waals surface area (Å²) in [4.78, 5) is 11.7. The van der Waals surface area contributed by atoms with Crippen LogP contribution in [0.3, 0.4) is 0 Å². The first kappa shape index (κ1) is 10.9. The Morgan fingerprint density at radius 1 is 1.11 bits per heavy atom. The zero-order valence-electron chi connectivity index (χ0n) is 11.2. The number of rotatable bonds is 3. The van der Waals surface area contributed by atoms with Gasteiger partial charge in [-0.05, 0) is 50.0 Å². The van der Waals surface area contributed by atoms with Crippen molar-refractivity contribution < 1.29 is 0 Å². The van der Waals surface area contributed by atoms with Gasteiger partial charge in [0.1, 0.15) is 5.82 Å². The molecule has 3 fully saturated rings. The van der Waals surface area contributed by atoms with Gasteiger partial charge in [0.25, 0.3) is 0 Å². The van der Waals surface area contributed by atoms with Crippen LogP contribution in [0.15, 0.2) is 12.4 Å². The van der Waals surface area contributed by atoms with Gasteiger partial charge in [-0.3, -0.25) is 0 Å². The van der Waals surface area contributed by atoms with Gasteiger partial charge in [0, 0.05) is 37.4 Å². The summed E-state index contributed by atoms with van der Waals surface area (Å²) in [6, 6.07) is 0.701. The molecule has 0 bridgehead atoms. The van der Waals surface area contributed by atoms with Gasteiger partial charge in [-0.25, -0.2) is 9.97 Å². The molecule has 0 spiro atoms. The molecule has 1 saturated heterocycles. The van der Waals surface area contributed by atoms with Crippen LogP contribution in [-0.4, -0.2) is 34.0 Å². The second-order valence-corrected chi connectivity index (χ2v) is 6.55. The monoisotopic (exact) mass is 243 g/mol. The lowest BCUT2D eigenvalue weighted by Gasteiger charge is -2.23. The third-order valence-corrected chi connectivity index (χ3v) is 4.97. The molecule has 2 heterocycles. The molecular weight excluding hydrogens is 222 g/mol. The Kier molecular flexibility index (Phi) is 2.28. The highest BCUT2D eigenvalue weighted by Gasteiger charge is 2.56. The van der Waals surface area contributed by atoms with Crippen LogP contribution in [0.25, 0.3) is 0 Å². The fourth-order valence-corrected chi connectivity index (χ4v) is 3.55. The lowest BCUT2D eigenvalue weighted by Crippen LogP contribution is -2.31. The van der Waals surface area contributed by atoms with Crippen molar-refractivity contribution in [1.82, 2.24) is 14.9 Å². The van der Waals surface area contributed by atoms with Crippen molar-refractivity contribution in [3.63, 3.8) is 0 Å². The van der Waals surface area contributed by atoms with E-state index < -0.39 is 0 Å². The first-order valence-electron chi connectivity index (χ1n) is 7.30. The minimum absolute atomic E-state index is 0.675.